The molecule has 4 aromatic rings. The van der Waals surface area contributed by atoms with Crippen LogP contribution in [0, 0.1) is 17.0 Å². The van der Waals surface area contributed by atoms with Gasteiger partial charge in [-0.05, 0) is 12.1 Å². The third-order valence-corrected chi connectivity index (χ3v) is 7.24. The van der Waals surface area contributed by atoms with Crippen LogP contribution in [0.3, 0.4) is 0 Å². The van der Waals surface area contributed by atoms with Crippen molar-refractivity contribution in [2.45, 2.75) is 25.9 Å². The number of aliphatic hydroxyl groups excluding tert-OH is 1. The molecule has 10 nitrogen and oxygen atoms in total. The normalized spacial score (nSPS) is 14.9. The van der Waals surface area contributed by atoms with E-state index in [9.17, 15) is 31.9 Å². The fourth-order valence-corrected chi connectivity index (χ4v) is 4.85. The second-order valence-electron chi connectivity index (χ2n) is 11.0. The molecule has 1 atom stereocenters. The van der Waals surface area contributed by atoms with E-state index in [1.54, 1.807) is 6.92 Å². The Morgan fingerprint density at radius 2 is 1.68 bits per heavy atom. The topological polar surface area (TPSA) is 109 Å². The second kappa shape index (κ2) is 12.8. The number of benzene rings is 2. The van der Waals surface area contributed by atoms with Gasteiger partial charge < -0.3 is 29.4 Å². The molecule has 1 fully saturated rings. The number of aromatic nitrogens is 3. The van der Waals surface area contributed by atoms with Gasteiger partial charge in [0.2, 0.25) is 0 Å². The third kappa shape index (κ3) is 7.00. The minimum absolute atomic E-state index is 0.00407. The minimum atomic E-state index is -4.99. The Morgan fingerprint density at radius 3 is 2.21 bits per heavy atom. The van der Waals surface area contributed by atoms with Crippen LogP contribution < -0.4 is 25.1 Å². The maximum absolute atomic E-state index is 15.4. The Hall–Kier alpha value is -4.77. The van der Waals surface area contributed by atoms with Crippen LogP contribution in [-0.2, 0) is 18.0 Å². The number of nitrogens with zero attached hydrogens (tertiary/aromatic N) is 3. The number of pyridine rings is 1. The third-order valence-electron chi connectivity index (χ3n) is 7.24. The Morgan fingerprint density at radius 1 is 1.04 bits per heavy atom. The van der Waals surface area contributed by atoms with Crippen LogP contribution in [0.2, 0.25) is 0 Å². The highest BCUT2D eigenvalue weighted by atomic mass is 19.4. The van der Waals surface area contributed by atoms with Crippen molar-refractivity contribution in [1.29, 1.82) is 0 Å². The van der Waals surface area contributed by atoms with Crippen molar-refractivity contribution in [2.24, 2.45) is 12.5 Å². The summed E-state index contributed by atoms with van der Waals surface area (Å²) in [4.78, 5) is 17.5. The monoisotopic (exact) mass is 672 g/mol. The van der Waals surface area contributed by atoms with Gasteiger partial charge in [-0.25, -0.2) is 13.8 Å². The number of aliphatic hydroxyl groups is 1. The van der Waals surface area contributed by atoms with E-state index in [-0.39, 0.29) is 29.4 Å². The second-order valence-corrected chi connectivity index (χ2v) is 11.0. The smallest absolute Gasteiger partial charge is 0.433 e. The largest absolute Gasteiger partial charge is 0.497 e. The molecule has 2 aromatic carbocycles. The summed E-state index contributed by atoms with van der Waals surface area (Å²) in [6.07, 6.45) is -6.78. The van der Waals surface area contributed by atoms with E-state index in [4.69, 9.17) is 14.2 Å². The van der Waals surface area contributed by atoms with Crippen LogP contribution >= 0.6 is 0 Å². The molecule has 47 heavy (non-hydrogen) atoms. The molecule has 0 saturated carbocycles. The lowest BCUT2D eigenvalue weighted by Gasteiger charge is -2.37. The van der Waals surface area contributed by atoms with Gasteiger partial charge in [0.25, 0.3) is 5.56 Å². The van der Waals surface area contributed by atoms with Crippen molar-refractivity contribution in [3.8, 4) is 34.3 Å². The lowest BCUT2D eigenvalue weighted by molar-refractivity contribution is -0.141. The number of nitrogens with one attached hydrogen (secondary N) is 1. The quantitative estimate of drug-likeness (QED) is 0.155. The van der Waals surface area contributed by atoms with Crippen molar-refractivity contribution < 1.29 is 54.8 Å². The Labute approximate surface area is 261 Å². The summed E-state index contributed by atoms with van der Waals surface area (Å²) in [6, 6.07) is 7.89. The first-order valence-electron chi connectivity index (χ1n) is 13.8. The Bertz CT molecular complexity index is 1800. The molecule has 0 spiro atoms. The lowest BCUT2D eigenvalue weighted by Crippen LogP contribution is -2.44. The number of rotatable bonds is 11. The summed E-state index contributed by atoms with van der Waals surface area (Å²) in [6.45, 7) is -0.706. The summed E-state index contributed by atoms with van der Waals surface area (Å²) in [7, 11) is 2.31. The van der Waals surface area contributed by atoms with Gasteiger partial charge in [0.05, 0.1) is 38.2 Å². The number of hydrogen-bond donors (Lipinski definition) is 2. The molecule has 5 rings (SSSR count). The van der Waals surface area contributed by atoms with Gasteiger partial charge in [-0.1, -0.05) is 19.1 Å². The van der Waals surface area contributed by atoms with Gasteiger partial charge in [0.1, 0.15) is 34.6 Å². The molecule has 17 heteroatoms. The maximum atomic E-state index is 15.4. The highest BCUT2D eigenvalue weighted by molar-refractivity contribution is 5.76. The van der Waals surface area contributed by atoms with Gasteiger partial charge in [0.15, 0.2) is 17.7 Å². The van der Waals surface area contributed by atoms with E-state index in [0.717, 1.165) is 42.1 Å². The summed E-state index contributed by atoms with van der Waals surface area (Å²) < 4.78 is 119. The molecule has 2 aromatic heterocycles. The van der Waals surface area contributed by atoms with Crippen molar-refractivity contribution in [3.63, 3.8) is 0 Å². The van der Waals surface area contributed by atoms with Crippen LogP contribution in [0.1, 0.15) is 24.4 Å². The number of ether oxygens (including phenoxy) is 4. The summed E-state index contributed by atoms with van der Waals surface area (Å²) in [5.74, 6) is -3.79. The number of hydrogen-bond acceptors (Lipinski definition) is 8. The molecule has 0 aliphatic carbocycles. The molecule has 0 bridgehead atoms. The standard InChI is InChI=1S/C30H27F7N4O6/c1-29(12-45-13-29)14-46-18-10-21(30(35,36)37)38-22(11-18)41-27(43)24(39-26(42)15-4-6-16(7-5-15)47-28(33)34)25(40(41)2)23-19(31)8-17(44-3)9-20(23)32/h4-11,26,28,39,42H,12-14H2,1-3H3. The van der Waals surface area contributed by atoms with Gasteiger partial charge >= 0.3 is 12.8 Å². The summed E-state index contributed by atoms with van der Waals surface area (Å²) >= 11 is 0. The maximum Gasteiger partial charge on any atom is 0.433 e. The highest BCUT2D eigenvalue weighted by Crippen LogP contribution is 2.37. The van der Waals surface area contributed by atoms with Crippen molar-refractivity contribution in [1.82, 2.24) is 14.3 Å². The minimum Gasteiger partial charge on any atom is -0.497 e. The molecule has 0 radical (unpaired) electrons. The number of alkyl halides is 5. The molecular weight excluding hydrogens is 645 g/mol. The van der Waals surface area contributed by atoms with Crippen LogP contribution in [0.25, 0.3) is 17.1 Å². The number of anilines is 1. The molecule has 1 aliphatic rings. The van der Waals surface area contributed by atoms with Crippen molar-refractivity contribution in [2.75, 3.05) is 32.2 Å². The van der Waals surface area contributed by atoms with E-state index < -0.39 is 70.1 Å². The van der Waals surface area contributed by atoms with E-state index in [1.165, 1.54) is 19.2 Å². The summed E-state index contributed by atoms with van der Waals surface area (Å²) in [5, 5.41) is 13.4. The molecule has 252 valence electrons. The molecule has 0 amide bonds. The number of halogens is 7. The average Bonchev–Trinajstić information content (AvgIpc) is 3.22. The highest BCUT2D eigenvalue weighted by Gasteiger charge is 2.37. The molecule has 3 heterocycles. The van der Waals surface area contributed by atoms with Crippen LogP contribution in [-0.4, -0.2) is 53.0 Å². The zero-order chi connectivity index (χ0) is 34.3. The van der Waals surface area contributed by atoms with E-state index in [0.29, 0.717) is 24.0 Å². The van der Waals surface area contributed by atoms with Crippen LogP contribution in [0.15, 0.2) is 53.3 Å². The van der Waals surface area contributed by atoms with E-state index >= 15 is 8.78 Å². The first kappa shape index (κ1) is 33.6. The zero-order valence-electron chi connectivity index (χ0n) is 24.9. The predicted molar refractivity (Wildman–Crippen MR) is 152 cm³/mol. The number of methoxy groups -OCH3 is 1. The molecular formula is C30H27F7N4O6. The summed E-state index contributed by atoms with van der Waals surface area (Å²) in [5.41, 5.74) is -4.99. The molecule has 1 unspecified atom stereocenters. The van der Waals surface area contributed by atoms with Crippen molar-refractivity contribution in [3.05, 3.63) is 81.8 Å². The van der Waals surface area contributed by atoms with Crippen LogP contribution in [0.4, 0.5) is 36.4 Å². The van der Waals surface area contributed by atoms with E-state index in [2.05, 4.69) is 15.0 Å². The fraction of sp³-hybridized carbons (Fsp3) is 0.333. The molecule has 1 saturated heterocycles. The molecule has 1 aliphatic heterocycles. The van der Waals surface area contributed by atoms with E-state index in [1.807, 2.05) is 0 Å². The van der Waals surface area contributed by atoms with Gasteiger partial charge in [0, 0.05) is 42.3 Å². The average molecular weight is 673 g/mol. The fourth-order valence-electron chi connectivity index (χ4n) is 4.85. The van der Waals surface area contributed by atoms with Gasteiger partial charge in [-0.15, -0.1) is 0 Å². The lowest BCUT2D eigenvalue weighted by atomic mass is 9.90. The zero-order valence-corrected chi connectivity index (χ0v) is 24.9. The van der Waals surface area contributed by atoms with Gasteiger partial charge in [-0.2, -0.15) is 26.6 Å². The van der Waals surface area contributed by atoms with Crippen LogP contribution in [0.5, 0.6) is 17.2 Å². The Balaban J connectivity index is 1.66. The Kier molecular flexibility index (Phi) is 9.14. The predicted octanol–water partition coefficient (Wildman–Crippen LogP) is 5.66. The molecule has 2 N–H and O–H groups in total. The van der Waals surface area contributed by atoms with Crippen molar-refractivity contribution >= 4 is 5.69 Å². The van der Waals surface area contributed by atoms with Gasteiger partial charge in [-0.3, -0.25) is 9.48 Å². The SMILES string of the molecule is COc1cc(F)c(-c2c(NC(O)c3ccc(OC(F)F)cc3)c(=O)n(-c3cc(OCC4(C)COC4)cc(C(F)(F)F)n3)n2C)c(F)c1. The first-order valence-corrected chi connectivity index (χ1v) is 13.8. The first-order chi connectivity index (χ1) is 22.1.